The van der Waals surface area contributed by atoms with Crippen molar-refractivity contribution >= 4 is 41.0 Å². The number of methoxy groups -OCH3 is 2. The molecule has 17 unspecified atom stereocenters. The number of allylic oxidation sites excluding steroid dienone is 7. The maximum Gasteiger partial charge on any atom is 0.329 e. The van der Waals surface area contributed by atoms with Crippen LogP contribution >= 0.6 is 11.8 Å². The number of ether oxygens (including phenoxy) is 4. The number of nitrogens with zero attached hydrogens (tertiary/aromatic N) is 1. The number of hydrogen-bond donors (Lipinski definition) is 3. The van der Waals surface area contributed by atoms with Gasteiger partial charge in [0, 0.05) is 55.4 Å². The molecule has 0 radical (unpaired) electrons. The average Bonchev–Trinajstić information content (AvgIpc) is 3.76. The molecule has 14 heteroatoms. The fraction of sp³-hybridized carbons (Fsp3) is 0.764. The molecule has 4 fully saturated rings. The molecule has 3 saturated heterocycles. The van der Waals surface area contributed by atoms with E-state index >= 15 is 0 Å². The molecule has 17 atom stereocenters. The third-order valence-electron chi connectivity index (χ3n) is 16.0. The maximum atomic E-state index is 14.5. The number of piperidine rings is 1. The minimum atomic E-state index is -2.38. The van der Waals surface area contributed by atoms with Crippen LogP contribution < -0.4 is 0 Å². The van der Waals surface area contributed by atoms with Crippen molar-refractivity contribution in [1.82, 2.24) is 4.90 Å². The number of cyclic esters (lactones) is 1. The number of Topliss-reactive ketones (excluding diaryl/α,β-unsaturated/α-hetero) is 3. The number of aliphatic hydroxyl groups excluding tert-OH is 2. The van der Waals surface area contributed by atoms with E-state index in [1.807, 2.05) is 56.8 Å². The number of hydrogen-bond acceptors (Lipinski definition) is 13. The van der Waals surface area contributed by atoms with Gasteiger partial charge in [-0.15, -0.1) is 0 Å². The summed E-state index contributed by atoms with van der Waals surface area (Å²) in [4.78, 5) is 72.6. The number of fused-ring (bicyclic) bond motifs is 3. The molecule has 0 aromatic heterocycles. The molecule has 3 N–H and O–H groups in total. The summed E-state index contributed by atoms with van der Waals surface area (Å²) >= 11 is 1.95. The number of esters is 1. The summed E-state index contributed by atoms with van der Waals surface area (Å²) in [5.74, 6) is -7.59. The van der Waals surface area contributed by atoms with Crippen molar-refractivity contribution in [2.75, 3.05) is 20.8 Å². The molecule has 0 aromatic carbocycles. The van der Waals surface area contributed by atoms with Gasteiger partial charge in [0.2, 0.25) is 5.79 Å². The van der Waals surface area contributed by atoms with E-state index in [-0.39, 0.29) is 60.7 Å². The van der Waals surface area contributed by atoms with E-state index in [2.05, 4.69) is 19.9 Å². The Morgan fingerprint density at radius 3 is 2.28 bits per heavy atom. The number of carbonyl (C=O) groups excluding carboxylic acids is 5. The fourth-order valence-corrected chi connectivity index (χ4v) is 13.1. The lowest BCUT2D eigenvalue weighted by Crippen LogP contribution is -2.60. The van der Waals surface area contributed by atoms with Crippen molar-refractivity contribution in [2.45, 2.75) is 204 Å². The van der Waals surface area contributed by atoms with Crippen LogP contribution in [0.4, 0.5) is 0 Å². The Morgan fingerprint density at radius 2 is 1.59 bits per heavy atom. The van der Waals surface area contributed by atoms with Crippen molar-refractivity contribution in [3.63, 3.8) is 0 Å². The van der Waals surface area contributed by atoms with Gasteiger partial charge in [-0.05, 0) is 127 Å². The molecule has 0 spiro atoms. The Morgan fingerprint density at radius 1 is 0.855 bits per heavy atom. The fourth-order valence-electron chi connectivity index (χ4n) is 11.5. The largest absolute Gasteiger partial charge is 0.460 e. The smallest absolute Gasteiger partial charge is 0.329 e. The number of rotatable bonds is 6. The van der Waals surface area contributed by atoms with Crippen LogP contribution in [0.15, 0.2) is 47.6 Å². The zero-order valence-electron chi connectivity index (χ0n) is 43.2. The molecule has 5 aliphatic rings. The standard InChI is InChI=1S/C55H85NO12S/c1-32-16-12-11-13-17-33(2)42(48-24-20-39(8)69-48)30-41-22-19-38(7)55(64,68-41)52(61)53(62)56-25-15-14-18-43(56)54(63)67-46(35(4)28-40-21-23-44(57)47(29-40)65-9)31-45(58)34(3)27-37(6)50(60)51(66-10)49(59)36(5)26-32/h11-13,16-17,27,32,34-36,38-44,46-48,50-51,57,60,64H,14-15,18-26,28-31H2,1-10H3/b13-11-,16-12-,33-17?,37-27?. The summed E-state index contributed by atoms with van der Waals surface area (Å²) in [6, 6.07) is -1.12. The summed E-state index contributed by atoms with van der Waals surface area (Å²) in [6.07, 6.45) is 14.9. The summed E-state index contributed by atoms with van der Waals surface area (Å²) in [5, 5.41) is 35.0. The van der Waals surface area contributed by atoms with E-state index in [9.17, 15) is 39.3 Å². The Bertz CT molecular complexity index is 1900. The lowest BCUT2D eigenvalue weighted by atomic mass is 9.78. The molecule has 1 saturated carbocycles. The summed E-state index contributed by atoms with van der Waals surface area (Å²) < 4.78 is 23.9. The van der Waals surface area contributed by atoms with E-state index in [0.29, 0.717) is 73.9 Å². The molecular formula is C55H85NO12S. The highest BCUT2D eigenvalue weighted by atomic mass is 32.2. The molecule has 4 heterocycles. The number of amides is 1. The monoisotopic (exact) mass is 984 g/mol. The summed E-state index contributed by atoms with van der Waals surface area (Å²) in [5.41, 5.74) is 1.55. The van der Waals surface area contributed by atoms with Crippen molar-refractivity contribution in [1.29, 1.82) is 0 Å². The van der Waals surface area contributed by atoms with Crippen LogP contribution in [-0.2, 0) is 42.9 Å². The van der Waals surface area contributed by atoms with Gasteiger partial charge in [0.05, 0.1) is 18.3 Å². The highest BCUT2D eigenvalue weighted by Gasteiger charge is 2.53. The molecule has 13 nitrogen and oxygen atoms in total. The summed E-state index contributed by atoms with van der Waals surface area (Å²) in [7, 11) is 2.97. The van der Waals surface area contributed by atoms with Crippen LogP contribution in [-0.4, -0.2) is 129 Å². The molecule has 1 amide bonds. The first kappa shape index (κ1) is 56.9. The number of thioether (sulfide) groups is 1. The van der Waals surface area contributed by atoms with E-state index in [0.717, 1.165) is 24.8 Å². The molecule has 2 bridgehead atoms. The topological polar surface area (TPSA) is 186 Å². The van der Waals surface area contributed by atoms with Crippen LogP contribution in [0.1, 0.15) is 145 Å². The van der Waals surface area contributed by atoms with Gasteiger partial charge in [0.25, 0.3) is 11.7 Å². The Labute approximate surface area is 416 Å². The Balaban J connectivity index is 1.49. The second-order valence-corrected chi connectivity index (χ2v) is 23.2. The van der Waals surface area contributed by atoms with Crippen molar-refractivity contribution < 1.29 is 58.2 Å². The quantitative estimate of drug-likeness (QED) is 0.132. The van der Waals surface area contributed by atoms with Crippen LogP contribution in [0.3, 0.4) is 0 Å². The minimum absolute atomic E-state index is 0.0401. The first-order chi connectivity index (χ1) is 32.7. The highest BCUT2D eigenvalue weighted by molar-refractivity contribution is 8.00. The average molecular weight is 984 g/mol. The number of carbonyl (C=O) groups is 5. The lowest BCUT2D eigenvalue weighted by Gasteiger charge is -2.43. The molecule has 1 aliphatic carbocycles. The number of ketones is 3. The predicted molar refractivity (Wildman–Crippen MR) is 268 cm³/mol. The SMILES string of the molecule is COC1CC(CC(C)C2CC(=O)C(C)C=C(C)C(O)C(OC)C(=O)C(C)CC(C)/C=C\C=C/C=C(C)C(C3CCC(C)S3)CC3CCC(C)C(O)(O3)C(=O)C(=O)N3CCCCC3C(=O)O2)CCC1O. The second kappa shape index (κ2) is 26.1. The van der Waals surface area contributed by atoms with Gasteiger partial charge < -0.3 is 39.2 Å². The first-order valence-electron chi connectivity index (χ1n) is 26.0. The van der Waals surface area contributed by atoms with E-state index in [4.69, 9.17) is 18.9 Å². The van der Waals surface area contributed by atoms with Gasteiger partial charge in [-0.2, -0.15) is 11.8 Å². The molecule has 69 heavy (non-hydrogen) atoms. The third kappa shape index (κ3) is 14.8. The third-order valence-corrected chi connectivity index (χ3v) is 17.6. The van der Waals surface area contributed by atoms with Crippen molar-refractivity contribution in [3.05, 3.63) is 47.6 Å². The van der Waals surface area contributed by atoms with Crippen molar-refractivity contribution in [3.8, 4) is 0 Å². The Hall–Kier alpha value is -2.98. The molecule has 4 aliphatic heterocycles. The van der Waals surface area contributed by atoms with E-state index in [1.165, 1.54) is 12.0 Å². The zero-order chi connectivity index (χ0) is 50.7. The van der Waals surface area contributed by atoms with E-state index < -0.39 is 77.8 Å². The highest BCUT2D eigenvalue weighted by Crippen LogP contribution is 2.45. The van der Waals surface area contributed by atoms with Gasteiger partial charge in [0.1, 0.15) is 30.1 Å². The van der Waals surface area contributed by atoms with Gasteiger partial charge >= 0.3 is 5.97 Å². The molecule has 388 valence electrons. The van der Waals surface area contributed by atoms with Crippen molar-refractivity contribution in [2.24, 2.45) is 41.4 Å². The lowest BCUT2D eigenvalue weighted by molar-refractivity contribution is -0.264. The van der Waals surface area contributed by atoms with Gasteiger partial charge in [-0.1, -0.05) is 83.6 Å². The van der Waals surface area contributed by atoms with E-state index in [1.54, 1.807) is 34.0 Å². The predicted octanol–water partition coefficient (Wildman–Crippen LogP) is 8.07. The minimum Gasteiger partial charge on any atom is -0.460 e. The molecule has 5 rings (SSSR count). The first-order valence-corrected chi connectivity index (χ1v) is 26.9. The number of aliphatic hydroxyl groups is 3. The van der Waals surface area contributed by atoms with Gasteiger partial charge in [-0.3, -0.25) is 19.2 Å². The molecule has 0 aromatic rings. The summed E-state index contributed by atoms with van der Waals surface area (Å²) in [6.45, 7) is 15.3. The molecular weight excluding hydrogens is 899 g/mol. The van der Waals surface area contributed by atoms with Crippen LogP contribution in [0.25, 0.3) is 0 Å². The normalized spacial score (nSPS) is 40.6. The van der Waals surface area contributed by atoms with Gasteiger partial charge in [-0.25, -0.2) is 4.79 Å². The Kier molecular flexibility index (Phi) is 21.5. The zero-order valence-corrected chi connectivity index (χ0v) is 44.0. The maximum absolute atomic E-state index is 14.5. The van der Waals surface area contributed by atoms with Crippen LogP contribution in [0, 0.1) is 41.4 Å². The van der Waals surface area contributed by atoms with Gasteiger partial charge in [0.15, 0.2) is 5.78 Å². The van der Waals surface area contributed by atoms with Crippen LogP contribution in [0.2, 0.25) is 0 Å². The second-order valence-electron chi connectivity index (χ2n) is 21.5. The van der Waals surface area contributed by atoms with Crippen LogP contribution in [0.5, 0.6) is 0 Å².